The molecule has 7 nitrogen and oxygen atoms in total. The van der Waals surface area contributed by atoms with Gasteiger partial charge in [-0.3, -0.25) is 9.52 Å². The van der Waals surface area contributed by atoms with E-state index in [1.807, 2.05) is 31.2 Å². The first-order chi connectivity index (χ1) is 14.9. The van der Waals surface area contributed by atoms with Gasteiger partial charge in [0.05, 0.1) is 25.0 Å². The molecule has 0 aliphatic rings. The van der Waals surface area contributed by atoms with Crippen LogP contribution in [-0.2, 0) is 14.8 Å². The van der Waals surface area contributed by atoms with Crippen LogP contribution in [0.3, 0.4) is 0 Å². The van der Waals surface area contributed by atoms with E-state index >= 15 is 0 Å². The monoisotopic (exact) mass is 440 g/mol. The highest BCUT2D eigenvalue weighted by molar-refractivity contribution is 7.92. The molecule has 0 heterocycles. The lowest BCUT2D eigenvalue weighted by molar-refractivity contribution is -0.116. The van der Waals surface area contributed by atoms with Crippen molar-refractivity contribution in [1.29, 1.82) is 0 Å². The van der Waals surface area contributed by atoms with Crippen LogP contribution < -0.4 is 19.5 Å². The van der Waals surface area contributed by atoms with E-state index in [4.69, 9.17) is 9.47 Å². The van der Waals surface area contributed by atoms with Crippen molar-refractivity contribution in [2.45, 2.75) is 18.2 Å². The first-order valence-corrected chi connectivity index (χ1v) is 11.1. The molecule has 0 spiro atoms. The number of hydrogen-bond acceptors (Lipinski definition) is 5. The topological polar surface area (TPSA) is 93.7 Å². The summed E-state index contributed by atoms with van der Waals surface area (Å²) in [5.41, 5.74) is 1.87. The largest absolute Gasteiger partial charge is 0.497 e. The van der Waals surface area contributed by atoms with Crippen LogP contribution in [0, 0.1) is 6.92 Å². The fourth-order valence-electron chi connectivity index (χ4n) is 2.80. The maximum Gasteiger partial charge on any atom is 0.261 e. The van der Waals surface area contributed by atoms with Gasteiger partial charge in [0.2, 0.25) is 5.91 Å². The van der Waals surface area contributed by atoms with Crippen LogP contribution in [0.2, 0.25) is 0 Å². The molecule has 0 radical (unpaired) electrons. The molecule has 2 N–H and O–H groups in total. The molecule has 0 saturated carbocycles. The summed E-state index contributed by atoms with van der Waals surface area (Å²) in [5.74, 6) is 1.05. The van der Waals surface area contributed by atoms with E-state index in [0.717, 1.165) is 5.56 Å². The molecule has 0 unspecified atom stereocenters. The van der Waals surface area contributed by atoms with Gasteiger partial charge in [-0.1, -0.05) is 18.2 Å². The third-order valence-electron chi connectivity index (χ3n) is 4.36. The van der Waals surface area contributed by atoms with Crippen LogP contribution in [0.15, 0.2) is 77.7 Å². The van der Waals surface area contributed by atoms with Crippen molar-refractivity contribution in [3.8, 4) is 11.5 Å². The predicted octanol–water partition coefficient (Wildman–Crippen LogP) is 4.21. The van der Waals surface area contributed by atoms with Crippen molar-refractivity contribution >= 4 is 27.3 Å². The summed E-state index contributed by atoms with van der Waals surface area (Å²) in [4.78, 5) is 12.3. The lowest BCUT2D eigenvalue weighted by Crippen LogP contribution is -2.16. The number of sulfonamides is 1. The van der Waals surface area contributed by atoms with Crippen LogP contribution in [0.25, 0.3) is 0 Å². The fraction of sp³-hybridized carbons (Fsp3) is 0.174. The number of carbonyl (C=O) groups excluding carboxylic acids is 1. The molecule has 0 atom stereocenters. The van der Waals surface area contributed by atoms with E-state index in [-0.39, 0.29) is 23.8 Å². The smallest absolute Gasteiger partial charge is 0.261 e. The van der Waals surface area contributed by atoms with Gasteiger partial charge in [-0.15, -0.1) is 0 Å². The van der Waals surface area contributed by atoms with Gasteiger partial charge in [0.25, 0.3) is 10.0 Å². The van der Waals surface area contributed by atoms with Crippen molar-refractivity contribution in [1.82, 2.24) is 0 Å². The van der Waals surface area contributed by atoms with Gasteiger partial charge >= 0.3 is 0 Å². The lowest BCUT2D eigenvalue weighted by Gasteiger charge is -2.11. The summed E-state index contributed by atoms with van der Waals surface area (Å²) >= 11 is 0. The summed E-state index contributed by atoms with van der Waals surface area (Å²) in [7, 11) is -2.28. The number of benzene rings is 3. The molecule has 0 saturated heterocycles. The Balaban J connectivity index is 1.58. The molecule has 0 aromatic heterocycles. The normalized spacial score (nSPS) is 10.9. The Bertz CT molecular complexity index is 1140. The Morgan fingerprint density at radius 1 is 0.903 bits per heavy atom. The van der Waals surface area contributed by atoms with Crippen molar-refractivity contribution < 1.29 is 22.7 Å². The number of nitrogens with one attached hydrogen (secondary N) is 2. The molecular formula is C23H24N2O5S. The number of carbonyl (C=O) groups is 1. The predicted molar refractivity (Wildman–Crippen MR) is 120 cm³/mol. The molecule has 8 heteroatoms. The number of aryl methyl sites for hydroxylation is 1. The summed E-state index contributed by atoms with van der Waals surface area (Å²) in [5, 5.41) is 2.70. The average molecular weight is 441 g/mol. The zero-order valence-electron chi connectivity index (χ0n) is 17.3. The second-order valence-electron chi connectivity index (χ2n) is 6.82. The van der Waals surface area contributed by atoms with Gasteiger partial charge in [0.1, 0.15) is 11.5 Å². The zero-order chi connectivity index (χ0) is 22.3. The zero-order valence-corrected chi connectivity index (χ0v) is 18.1. The molecule has 0 fully saturated rings. The van der Waals surface area contributed by atoms with Crippen molar-refractivity contribution in [3.05, 3.63) is 78.4 Å². The Morgan fingerprint density at radius 3 is 2.35 bits per heavy atom. The van der Waals surface area contributed by atoms with E-state index in [1.165, 1.54) is 19.2 Å². The Kier molecular flexibility index (Phi) is 7.15. The Morgan fingerprint density at radius 2 is 1.65 bits per heavy atom. The van der Waals surface area contributed by atoms with Crippen LogP contribution in [0.1, 0.15) is 12.0 Å². The van der Waals surface area contributed by atoms with Gasteiger partial charge in [-0.2, -0.15) is 0 Å². The Hall–Kier alpha value is -3.52. The van der Waals surface area contributed by atoms with E-state index in [9.17, 15) is 13.2 Å². The van der Waals surface area contributed by atoms with E-state index in [2.05, 4.69) is 10.0 Å². The maximum absolute atomic E-state index is 12.7. The van der Waals surface area contributed by atoms with Gasteiger partial charge in [0.15, 0.2) is 0 Å². The van der Waals surface area contributed by atoms with Gasteiger partial charge in [0, 0.05) is 11.4 Å². The highest BCUT2D eigenvalue weighted by atomic mass is 32.2. The first-order valence-electron chi connectivity index (χ1n) is 9.62. The minimum Gasteiger partial charge on any atom is -0.497 e. The molecule has 1 amide bonds. The molecule has 3 rings (SSSR count). The van der Waals surface area contributed by atoms with Crippen LogP contribution >= 0.6 is 0 Å². The maximum atomic E-state index is 12.7. The average Bonchev–Trinajstić information content (AvgIpc) is 2.74. The van der Waals surface area contributed by atoms with Crippen molar-refractivity contribution in [2.75, 3.05) is 23.8 Å². The van der Waals surface area contributed by atoms with Crippen LogP contribution in [0.5, 0.6) is 11.5 Å². The number of methoxy groups -OCH3 is 1. The van der Waals surface area contributed by atoms with Gasteiger partial charge in [-0.25, -0.2) is 8.42 Å². The first kappa shape index (κ1) is 22.2. The number of rotatable bonds is 9. The van der Waals surface area contributed by atoms with E-state index in [0.29, 0.717) is 22.9 Å². The highest BCUT2D eigenvalue weighted by Gasteiger charge is 2.15. The van der Waals surface area contributed by atoms with E-state index < -0.39 is 10.0 Å². The Labute approximate surface area is 182 Å². The van der Waals surface area contributed by atoms with Crippen LogP contribution in [-0.4, -0.2) is 28.0 Å². The molecule has 0 bridgehead atoms. The van der Waals surface area contributed by atoms with Crippen molar-refractivity contribution in [2.24, 2.45) is 0 Å². The molecule has 3 aromatic rings. The number of amides is 1. The summed E-state index contributed by atoms with van der Waals surface area (Å²) < 4.78 is 38.5. The van der Waals surface area contributed by atoms with E-state index in [1.54, 1.807) is 36.4 Å². The number of hydrogen-bond donors (Lipinski definition) is 2. The molecular weight excluding hydrogens is 416 g/mol. The molecule has 3 aromatic carbocycles. The third-order valence-corrected chi connectivity index (χ3v) is 5.74. The third kappa shape index (κ3) is 6.48. The van der Waals surface area contributed by atoms with Crippen LogP contribution in [0.4, 0.5) is 11.4 Å². The molecule has 162 valence electrons. The molecule has 0 aliphatic carbocycles. The SMILES string of the molecule is COc1ccc(NS(=O)(=O)c2cccc(NC(=O)CCOc3cccc(C)c3)c2)cc1. The second-order valence-corrected chi connectivity index (χ2v) is 8.51. The number of ether oxygens (including phenoxy) is 2. The lowest BCUT2D eigenvalue weighted by atomic mass is 10.2. The minimum atomic E-state index is -3.82. The quantitative estimate of drug-likeness (QED) is 0.520. The number of anilines is 2. The second kappa shape index (κ2) is 9.99. The molecule has 0 aliphatic heterocycles. The van der Waals surface area contributed by atoms with Gasteiger partial charge < -0.3 is 14.8 Å². The van der Waals surface area contributed by atoms with Crippen molar-refractivity contribution in [3.63, 3.8) is 0 Å². The molecule has 31 heavy (non-hydrogen) atoms. The fourth-order valence-corrected chi connectivity index (χ4v) is 3.91. The summed E-state index contributed by atoms with van der Waals surface area (Å²) in [6.07, 6.45) is 0.134. The summed E-state index contributed by atoms with van der Waals surface area (Å²) in [6, 6.07) is 20.2. The summed E-state index contributed by atoms with van der Waals surface area (Å²) in [6.45, 7) is 2.18. The minimum absolute atomic E-state index is 0.0390. The highest BCUT2D eigenvalue weighted by Crippen LogP contribution is 2.21. The van der Waals surface area contributed by atoms with Gasteiger partial charge in [-0.05, 0) is 67.1 Å². The standard InChI is InChI=1S/C23H24N2O5S/c1-17-5-3-7-21(15-17)30-14-13-23(26)24-19-6-4-8-22(16-19)31(27,28)25-18-9-11-20(29-2)12-10-18/h3-12,15-16,25H,13-14H2,1-2H3,(H,24,26).